The Hall–Kier alpha value is -0.570. The molecule has 3 rings (SSSR count). The normalized spacial score (nSPS) is 48.6. The van der Waals surface area contributed by atoms with Gasteiger partial charge in [-0.15, -0.1) is 4.33 Å². The third-order valence-electron chi connectivity index (χ3n) is 6.55. The van der Waals surface area contributed by atoms with Gasteiger partial charge < -0.3 is 77.6 Å². The zero-order chi connectivity index (χ0) is 28.9. The summed E-state index contributed by atoms with van der Waals surface area (Å²) in [6.45, 7) is -0.763. The average Bonchev–Trinajstić information content (AvgIpc) is 2.88. The predicted molar refractivity (Wildman–Crippen MR) is 122 cm³/mol. The fourth-order valence-corrected chi connectivity index (χ4v) is 4.40. The quantitative estimate of drug-likeness (QED) is 0.0752. The van der Waals surface area contributed by atoms with Crippen molar-refractivity contribution in [2.45, 2.75) is 98.2 Å². The highest BCUT2D eigenvalue weighted by atomic mass is 32.2. The molecule has 226 valence electrons. The minimum atomic E-state index is -2.52. The van der Waals surface area contributed by atoms with E-state index in [0.717, 1.165) is 0 Å². The van der Waals surface area contributed by atoms with Gasteiger partial charge in [-0.05, 0) is 6.42 Å². The van der Waals surface area contributed by atoms with Crippen LogP contribution in [-0.4, -0.2) is 155 Å². The Kier molecular flexibility index (Phi) is 13.2. The summed E-state index contributed by atoms with van der Waals surface area (Å²) in [5.41, 5.74) is 23.5. The van der Waals surface area contributed by atoms with Crippen LogP contribution in [0.15, 0.2) is 0 Å². The van der Waals surface area contributed by atoms with Gasteiger partial charge in [-0.2, -0.15) is 4.21 Å². The first kappa shape index (κ1) is 33.6. The molecule has 3 fully saturated rings. The molecule has 2 aliphatic heterocycles. The second-order valence-electron chi connectivity index (χ2n) is 9.08. The lowest BCUT2D eigenvalue weighted by Crippen LogP contribution is -2.68. The van der Waals surface area contributed by atoms with Crippen molar-refractivity contribution in [2.24, 2.45) is 22.9 Å². The Labute approximate surface area is 219 Å². The molecule has 0 aromatic heterocycles. The molecule has 20 heteroatoms. The Morgan fingerprint density at radius 3 is 1.68 bits per heavy atom. The maximum Gasteiger partial charge on any atom is 0.330 e. The molecule has 0 radical (unpaired) electrons. The summed E-state index contributed by atoms with van der Waals surface area (Å²) >= 11 is -2.52. The second kappa shape index (κ2) is 14.9. The zero-order valence-electron chi connectivity index (χ0n) is 20.0. The highest BCUT2D eigenvalue weighted by molar-refractivity contribution is 7.74. The molecule has 1 aliphatic carbocycles. The van der Waals surface area contributed by atoms with Crippen LogP contribution in [0, 0.1) is 0 Å². The Bertz CT molecular complexity index is 694. The fourth-order valence-electron chi connectivity index (χ4n) is 4.40. The smallest absolute Gasteiger partial charge is 0.330 e. The van der Waals surface area contributed by atoms with E-state index in [1.54, 1.807) is 0 Å². The lowest BCUT2D eigenvalue weighted by molar-refractivity contribution is -0.332. The summed E-state index contributed by atoms with van der Waals surface area (Å²) in [5, 5.41) is 78.0. The van der Waals surface area contributed by atoms with E-state index >= 15 is 0 Å². The first-order valence-electron chi connectivity index (χ1n) is 11.5. The number of aliphatic hydroxyl groups excluding tert-OH is 7. The summed E-state index contributed by atoms with van der Waals surface area (Å²) in [6, 6.07) is -2.86. The molecule has 16 atom stereocenters. The number of rotatable bonds is 7. The van der Waals surface area contributed by atoms with Crippen molar-refractivity contribution in [1.82, 2.24) is 0 Å². The van der Waals surface area contributed by atoms with Crippen LogP contribution in [0.3, 0.4) is 0 Å². The van der Waals surface area contributed by atoms with Crippen LogP contribution in [0.4, 0.5) is 0 Å². The molecule has 0 spiro atoms. The van der Waals surface area contributed by atoms with Crippen LogP contribution >= 0.6 is 0 Å². The second-order valence-corrected chi connectivity index (χ2v) is 9.66. The molecule has 2 saturated heterocycles. The van der Waals surface area contributed by atoms with Gasteiger partial charge >= 0.3 is 11.4 Å². The third kappa shape index (κ3) is 7.79. The van der Waals surface area contributed by atoms with Gasteiger partial charge in [-0.3, -0.25) is 4.55 Å². The van der Waals surface area contributed by atoms with Gasteiger partial charge in [0.25, 0.3) is 0 Å². The molecule has 19 nitrogen and oxygen atoms in total. The molecule has 2 heterocycles. The van der Waals surface area contributed by atoms with E-state index in [4.69, 9.17) is 55.9 Å². The predicted octanol–water partition coefficient (Wildman–Crippen LogP) is -7.68. The number of nitrogens with two attached hydrogens (primary N) is 4. The van der Waals surface area contributed by atoms with Crippen molar-refractivity contribution in [2.75, 3.05) is 13.2 Å². The van der Waals surface area contributed by atoms with Crippen molar-refractivity contribution in [3.63, 3.8) is 0 Å². The molecule has 0 aromatic carbocycles. The first-order chi connectivity index (χ1) is 17.8. The van der Waals surface area contributed by atoms with Gasteiger partial charge in [0.15, 0.2) is 12.6 Å². The highest BCUT2D eigenvalue weighted by Crippen LogP contribution is 2.31. The number of ether oxygens (including phenoxy) is 4. The van der Waals surface area contributed by atoms with Crippen LogP contribution in [0.5, 0.6) is 0 Å². The summed E-state index contributed by atoms with van der Waals surface area (Å²) in [6.07, 6.45) is -16.5. The van der Waals surface area contributed by atoms with Crippen LogP contribution in [0.2, 0.25) is 0 Å². The monoisotopic (exact) mass is 582 g/mol. The summed E-state index contributed by atoms with van der Waals surface area (Å²) in [4.78, 5) is 0. The summed E-state index contributed by atoms with van der Waals surface area (Å²) < 4.78 is 41.3. The number of hydrogen-bond acceptors (Lipinski definition) is 18. The molecule has 1 saturated carbocycles. The summed E-state index contributed by atoms with van der Waals surface area (Å²) in [7, 11) is 0. The van der Waals surface area contributed by atoms with Gasteiger partial charge in [-0.25, -0.2) is 5.26 Å². The van der Waals surface area contributed by atoms with E-state index < -0.39 is 110 Å². The molecule has 0 amide bonds. The van der Waals surface area contributed by atoms with Gasteiger partial charge in [0, 0.05) is 18.6 Å². The van der Waals surface area contributed by atoms with E-state index in [0.29, 0.717) is 0 Å². The standard InChI is InChI=1S/C18H36N4O11.H2O4S/c19-2-6-10(25)12(27)13(28)18(30-6)33-16-5(21)1-4(20)15(14(16)29)32-17-11(26)8(22)9(24)7(3-23)31-17;1-4-5(2)3/h4-18,23-29H,1-3,19-22H2;1H,(H,2,3)/t4-,5?,6?,7?,8?,9-,10-,11-,12+,13?,14-,15?,16-,17-,18+;/m1./s1. The molecule has 3 aliphatic rings. The van der Waals surface area contributed by atoms with E-state index in [9.17, 15) is 35.7 Å². The van der Waals surface area contributed by atoms with Crippen molar-refractivity contribution in [1.29, 1.82) is 0 Å². The zero-order valence-corrected chi connectivity index (χ0v) is 20.8. The Balaban J connectivity index is 0.000000926. The minimum absolute atomic E-state index is 0.0849. The van der Waals surface area contributed by atoms with Crippen molar-refractivity contribution in [3.8, 4) is 0 Å². The van der Waals surface area contributed by atoms with E-state index in [2.05, 4.69) is 4.33 Å². The largest absolute Gasteiger partial charge is 0.394 e. The lowest BCUT2D eigenvalue weighted by atomic mass is 9.84. The molecular formula is C18H38N4O15S. The van der Waals surface area contributed by atoms with Crippen LogP contribution in [0.25, 0.3) is 0 Å². The van der Waals surface area contributed by atoms with E-state index in [1.807, 2.05) is 0 Å². The van der Waals surface area contributed by atoms with Crippen LogP contribution in [0.1, 0.15) is 6.42 Å². The maximum absolute atomic E-state index is 10.9. The molecule has 0 aromatic rings. The fraction of sp³-hybridized carbons (Fsp3) is 1.00. The highest BCUT2D eigenvalue weighted by Gasteiger charge is 2.51. The van der Waals surface area contributed by atoms with Crippen molar-refractivity contribution < 1.29 is 73.0 Å². The molecule has 38 heavy (non-hydrogen) atoms. The number of aliphatic hydroxyl groups is 7. The van der Waals surface area contributed by atoms with Gasteiger partial charge in [0.05, 0.1) is 12.6 Å². The van der Waals surface area contributed by atoms with E-state index in [-0.39, 0.29) is 13.0 Å². The average molecular weight is 583 g/mol. The number of hydrogen-bond donors (Lipinski definition) is 13. The topological polar surface area (TPSA) is 349 Å². The van der Waals surface area contributed by atoms with Gasteiger partial charge in [-0.1, -0.05) is 0 Å². The van der Waals surface area contributed by atoms with Crippen LogP contribution in [-0.2, 0) is 34.6 Å². The maximum atomic E-state index is 10.9. The third-order valence-corrected chi connectivity index (χ3v) is 6.67. The van der Waals surface area contributed by atoms with Crippen molar-refractivity contribution in [3.05, 3.63) is 0 Å². The minimum Gasteiger partial charge on any atom is -0.394 e. The molecule has 17 N–H and O–H groups in total. The molecule has 0 bridgehead atoms. The van der Waals surface area contributed by atoms with Crippen LogP contribution < -0.4 is 22.9 Å². The lowest BCUT2D eigenvalue weighted by Gasteiger charge is -2.48. The first-order valence-corrected chi connectivity index (χ1v) is 12.5. The SMILES string of the molecule is NCC1O[C@@H](O[C@@H]2C(N)C[C@@H](N)C(O[C@H]3OC(CO)[C@@H](O)C(N)[C@H]3O)[C@H]2O)C(O)[C@@H](O)[C@@H]1O.O=S(O)OO. The van der Waals surface area contributed by atoms with Gasteiger partial charge in [0.1, 0.15) is 61.0 Å². The van der Waals surface area contributed by atoms with E-state index in [1.165, 1.54) is 0 Å². The van der Waals surface area contributed by atoms with Gasteiger partial charge in [0.2, 0.25) is 0 Å². The Morgan fingerprint density at radius 2 is 1.24 bits per heavy atom. The molecule has 7 unspecified atom stereocenters. The molecular weight excluding hydrogens is 544 g/mol. The Morgan fingerprint density at radius 1 is 0.763 bits per heavy atom. The van der Waals surface area contributed by atoms with Crippen molar-refractivity contribution >= 4 is 11.4 Å². The summed E-state index contributed by atoms with van der Waals surface area (Å²) in [5.74, 6) is 0.